The van der Waals surface area contributed by atoms with Crippen LogP contribution in [0.15, 0.2) is 97.5 Å². The monoisotopic (exact) mass is 501 g/mol. The quantitative estimate of drug-likeness (QED) is 0.245. The first-order valence-electron chi connectivity index (χ1n) is 12.1. The summed E-state index contributed by atoms with van der Waals surface area (Å²) in [5.41, 5.74) is 3.44. The molecule has 1 atom stereocenters. The molecular formula is C29H23N7O2. The van der Waals surface area contributed by atoms with E-state index < -0.39 is 6.04 Å². The second-order valence-electron chi connectivity index (χ2n) is 8.86. The molecule has 0 aliphatic heterocycles. The lowest BCUT2D eigenvalue weighted by Crippen LogP contribution is -2.31. The number of rotatable bonds is 7. The zero-order chi connectivity index (χ0) is 25.9. The number of pyridine rings is 1. The Morgan fingerprint density at radius 2 is 1.71 bits per heavy atom. The highest BCUT2D eigenvalue weighted by Gasteiger charge is 2.20. The minimum absolute atomic E-state index is 0.0422. The van der Waals surface area contributed by atoms with E-state index in [1.54, 1.807) is 30.6 Å². The maximum atomic E-state index is 13.3. The number of H-pyrrole nitrogens is 2. The maximum Gasteiger partial charge on any atom is 0.251 e. The molecule has 0 spiro atoms. The number of nitrogens with one attached hydrogen (secondary N) is 4. The summed E-state index contributed by atoms with van der Waals surface area (Å²) in [5, 5.41) is 7.84. The van der Waals surface area contributed by atoms with E-state index in [1.165, 1.54) is 0 Å². The van der Waals surface area contributed by atoms with Gasteiger partial charge in [0.25, 0.3) is 5.91 Å². The Bertz CT molecular complexity index is 1740. The summed E-state index contributed by atoms with van der Waals surface area (Å²) < 4.78 is 0. The van der Waals surface area contributed by atoms with Crippen molar-refractivity contribution in [2.24, 2.45) is 0 Å². The zero-order valence-corrected chi connectivity index (χ0v) is 20.2. The molecule has 3 aromatic heterocycles. The van der Waals surface area contributed by atoms with Gasteiger partial charge in [-0.2, -0.15) is 0 Å². The maximum absolute atomic E-state index is 13.3. The molecule has 2 amide bonds. The molecule has 4 N–H and O–H groups in total. The zero-order valence-electron chi connectivity index (χ0n) is 20.2. The van der Waals surface area contributed by atoms with Crippen LogP contribution in [0.4, 0.5) is 5.95 Å². The van der Waals surface area contributed by atoms with E-state index in [1.807, 2.05) is 66.9 Å². The van der Waals surface area contributed by atoms with E-state index in [0.29, 0.717) is 17.3 Å². The third-order valence-corrected chi connectivity index (χ3v) is 6.27. The second kappa shape index (κ2) is 9.98. The van der Waals surface area contributed by atoms with Crippen LogP contribution in [-0.4, -0.2) is 36.7 Å². The Labute approximate surface area is 217 Å². The first-order valence-corrected chi connectivity index (χ1v) is 12.1. The third-order valence-electron chi connectivity index (χ3n) is 6.27. The van der Waals surface area contributed by atoms with Crippen LogP contribution in [-0.2, 0) is 4.79 Å². The Morgan fingerprint density at radius 1 is 0.895 bits per heavy atom. The Kier molecular flexibility index (Phi) is 6.07. The molecule has 0 aliphatic rings. The van der Waals surface area contributed by atoms with Gasteiger partial charge in [0.2, 0.25) is 11.9 Å². The summed E-state index contributed by atoms with van der Waals surface area (Å²) in [6.45, 7) is 0. The van der Waals surface area contributed by atoms with Crippen molar-refractivity contribution in [3.63, 3.8) is 0 Å². The van der Waals surface area contributed by atoms with Crippen LogP contribution in [0.5, 0.6) is 0 Å². The van der Waals surface area contributed by atoms with Crippen LogP contribution in [0.2, 0.25) is 0 Å². The smallest absolute Gasteiger partial charge is 0.251 e. The molecule has 38 heavy (non-hydrogen) atoms. The number of hydrogen-bond acceptors (Lipinski definition) is 5. The van der Waals surface area contributed by atoms with Gasteiger partial charge in [0.05, 0.1) is 23.5 Å². The van der Waals surface area contributed by atoms with Crippen molar-refractivity contribution < 1.29 is 9.59 Å². The summed E-state index contributed by atoms with van der Waals surface area (Å²) in [5.74, 6) is 0.409. The van der Waals surface area contributed by atoms with E-state index >= 15 is 0 Å². The van der Waals surface area contributed by atoms with Crippen molar-refractivity contribution in [2.45, 2.75) is 12.5 Å². The fourth-order valence-corrected chi connectivity index (χ4v) is 4.37. The number of aromatic nitrogens is 5. The normalized spacial score (nSPS) is 11.9. The molecule has 0 saturated carbocycles. The molecule has 0 radical (unpaired) electrons. The molecule has 3 aromatic carbocycles. The van der Waals surface area contributed by atoms with Crippen molar-refractivity contribution in [3.05, 3.63) is 109 Å². The van der Waals surface area contributed by atoms with Crippen molar-refractivity contribution in [1.82, 2.24) is 30.2 Å². The number of anilines is 1. The lowest BCUT2D eigenvalue weighted by molar-refractivity contribution is -0.116. The molecular weight excluding hydrogens is 478 g/mol. The van der Waals surface area contributed by atoms with Crippen molar-refractivity contribution in [2.75, 3.05) is 5.32 Å². The molecule has 0 saturated heterocycles. The number of nitrogens with zero attached hydrogens (tertiary/aromatic N) is 3. The Balaban J connectivity index is 1.24. The summed E-state index contributed by atoms with van der Waals surface area (Å²) in [6.07, 6.45) is 5.04. The SMILES string of the molecule is O=C(CC(NC(=O)c1ccc2nc(-c3cc4ccccc4cn3)[nH]c2c1)c1ccccc1)Nc1ncc[nH]1. The fraction of sp³-hybridized carbons (Fsp3) is 0.0690. The largest absolute Gasteiger partial charge is 0.345 e. The number of aromatic amines is 2. The number of imidazole rings is 2. The van der Waals surface area contributed by atoms with Gasteiger partial charge in [-0.3, -0.25) is 19.9 Å². The Morgan fingerprint density at radius 3 is 2.53 bits per heavy atom. The summed E-state index contributed by atoms with van der Waals surface area (Å²) in [4.78, 5) is 45.3. The van der Waals surface area contributed by atoms with Crippen LogP contribution in [0.3, 0.4) is 0 Å². The average molecular weight is 502 g/mol. The molecule has 186 valence electrons. The molecule has 9 heteroatoms. The third kappa shape index (κ3) is 4.85. The van der Waals surface area contributed by atoms with E-state index in [9.17, 15) is 9.59 Å². The van der Waals surface area contributed by atoms with Crippen LogP contribution in [0, 0.1) is 0 Å². The average Bonchev–Trinajstić information content (AvgIpc) is 3.62. The number of amides is 2. The van der Waals surface area contributed by atoms with E-state index in [-0.39, 0.29) is 18.2 Å². The summed E-state index contributed by atoms with van der Waals surface area (Å²) in [7, 11) is 0. The highest BCUT2D eigenvalue weighted by molar-refractivity contribution is 5.98. The molecule has 0 bridgehead atoms. The van der Waals surface area contributed by atoms with Gasteiger partial charge < -0.3 is 15.3 Å². The van der Waals surface area contributed by atoms with E-state index in [2.05, 4.69) is 35.6 Å². The topological polar surface area (TPSA) is 128 Å². The number of benzene rings is 3. The van der Waals surface area contributed by atoms with Gasteiger partial charge in [0, 0.05) is 29.5 Å². The first-order chi connectivity index (χ1) is 18.6. The van der Waals surface area contributed by atoms with Gasteiger partial charge in [-0.25, -0.2) is 9.97 Å². The molecule has 0 aliphatic carbocycles. The molecule has 3 heterocycles. The first kappa shape index (κ1) is 23.1. The highest BCUT2D eigenvalue weighted by atomic mass is 16.2. The fourth-order valence-electron chi connectivity index (χ4n) is 4.37. The number of carbonyl (C=O) groups excluding carboxylic acids is 2. The van der Waals surface area contributed by atoms with Gasteiger partial charge in [-0.1, -0.05) is 54.6 Å². The number of hydrogen-bond donors (Lipinski definition) is 4. The highest BCUT2D eigenvalue weighted by Crippen LogP contribution is 2.24. The van der Waals surface area contributed by atoms with Crippen LogP contribution in [0.25, 0.3) is 33.3 Å². The molecule has 0 fully saturated rings. The van der Waals surface area contributed by atoms with Crippen LogP contribution in [0.1, 0.15) is 28.4 Å². The molecule has 9 nitrogen and oxygen atoms in total. The molecule has 1 unspecified atom stereocenters. The second-order valence-corrected chi connectivity index (χ2v) is 8.86. The van der Waals surface area contributed by atoms with Crippen LogP contribution < -0.4 is 10.6 Å². The van der Waals surface area contributed by atoms with Gasteiger partial charge >= 0.3 is 0 Å². The van der Waals surface area contributed by atoms with E-state index in [0.717, 1.165) is 33.1 Å². The predicted molar refractivity (Wildman–Crippen MR) is 145 cm³/mol. The summed E-state index contributed by atoms with van der Waals surface area (Å²) in [6, 6.07) is 24.1. The van der Waals surface area contributed by atoms with Gasteiger partial charge in [0.1, 0.15) is 5.69 Å². The molecule has 6 aromatic rings. The predicted octanol–water partition coefficient (Wildman–Crippen LogP) is 5.00. The lowest BCUT2D eigenvalue weighted by atomic mass is 10.0. The van der Waals surface area contributed by atoms with Crippen molar-refractivity contribution in [3.8, 4) is 11.5 Å². The Hall–Kier alpha value is -5.31. The van der Waals surface area contributed by atoms with Gasteiger partial charge in [-0.15, -0.1) is 0 Å². The minimum Gasteiger partial charge on any atom is -0.345 e. The summed E-state index contributed by atoms with van der Waals surface area (Å²) >= 11 is 0. The molecule has 6 rings (SSSR count). The van der Waals surface area contributed by atoms with Gasteiger partial charge in [-0.05, 0) is 35.2 Å². The van der Waals surface area contributed by atoms with Crippen LogP contribution >= 0.6 is 0 Å². The van der Waals surface area contributed by atoms with Gasteiger partial charge in [0.15, 0.2) is 5.82 Å². The van der Waals surface area contributed by atoms with Crippen molar-refractivity contribution in [1.29, 1.82) is 0 Å². The minimum atomic E-state index is -0.534. The van der Waals surface area contributed by atoms with E-state index in [4.69, 9.17) is 0 Å². The number of fused-ring (bicyclic) bond motifs is 2. The lowest BCUT2D eigenvalue weighted by Gasteiger charge is -2.19. The van der Waals surface area contributed by atoms with Crippen molar-refractivity contribution >= 4 is 39.6 Å². The standard InChI is InChI=1S/C29H23N7O2/c37-26(36-29-30-12-13-31-29)16-23(18-6-2-1-3-7-18)35-28(38)20-10-11-22-24(15-20)34-27(33-22)25-14-19-8-4-5-9-21(19)17-32-25/h1-15,17,23H,16H2,(H,33,34)(H,35,38)(H2,30,31,36,37). The number of carbonyl (C=O) groups is 2.